The fourth-order valence-electron chi connectivity index (χ4n) is 1.39. The van der Waals surface area contributed by atoms with Crippen LogP contribution < -0.4 is 10.6 Å². The van der Waals surface area contributed by atoms with Gasteiger partial charge in [-0.05, 0) is 11.8 Å². The molecule has 4 heteroatoms. The van der Waals surface area contributed by atoms with E-state index in [9.17, 15) is 4.79 Å². The molecular formula is C10H20N2O2. The SMILES string of the molecule is COCCNC(=O)CNC1CC1(C)C. The molecule has 1 rings (SSSR count). The highest BCUT2D eigenvalue weighted by Gasteiger charge is 2.45. The van der Waals surface area contributed by atoms with E-state index in [4.69, 9.17) is 4.74 Å². The summed E-state index contributed by atoms with van der Waals surface area (Å²) in [6, 6.07) is 0.510. The smallest absolute Gasteiger partial charge is 0.234 e. The van der Waals surface area contributed by atoms with Crippen molar-refractivity contribution in [1.29, 1.82) is 0 Å². The maximum absolute atomic E-state index is 11.2. The van der Waals surface area contributed by atoms with Crippen molar-refractivity contribution in [1.82, 2.24) is 10.6 Å². The first-order chi connectivity index (χ1) is 6.56. The first kappa shape index (κ1) is 11.5. The highest BCUT2D eigenvalue weighted by Crippen LogP contribution is 2.44. The van der Waals surface area contributed by atoms with Crippen molar-refractivity contribution >= 4 is 5.91 Å². The predicted octanol–water partition coefficient (Wildman–Crippen LogP) is 0.137. The second-order valence-electron chi connectivity index (χ2n) is 4.47. The summed E-state index contributed by atoms with van der Waals surface area (Å²) < 4.78 is 4.83. The zero-order chi connectivity index (χ0) is 10.6. The average Bonchev–Trinajstić information content (AvgIpc) is 2.71. The van der Waals surface area contributed by atoms with E-state index < -0.39 is 0 Å². The fraction of sp³-hybridized carbons (Fsp3) is 0.900. The first-order valence-corrected chi connectivity index (χ1v) is 5.05. The van der Waals surface area contributed by atoms with Crippen LogP contribution in [0.5, 0.6) is 0 Å². The fourth-order valence-corrected chi connectivity index (χ4v) is 1.39. The van der Waals surface area contributed by atoms with Crippen LogP contribution in [0.3, 0.4) is 0 Å². The van der Waals surface area contributed by atoms with Gasteiger partial charge in [-0.3, -0.25) is 4.79 Å². The number of carbonyl (C=O) groups is 1. The van der Waals surface area contributed by atoms with Gasteiger partial charge in [0.2, 0.25) is 5.91 Å². The van der Waals surface area contributed by atoms with Gasteiger partial charge in [-0.1, -0.05) is 13.8 Å². The second-order valence-corrected chi connectivity index (χ2v) is 4.47. The van der Waals surface area contributed by atoms with E-state index >= 15 is 0 Å². The number of hydrogen-bond acceptors (Lipinski definition) is 3. The maximum Gasteiger partial charge on any atom is 0.234 e. The van der Waals surface area contributed by atoms with Gasteiger partial charge in [0.1, 0.15) is 0 Å². The number of rotatable bonds is 6. The lowest BCUT2D eigenvalue weighted by molar-refractivity contribution is -0.120. The lowest BCUT2D eigenvalue weighted by Crippen LogP contribution is -2.37. The molecular weight excluding hydrogens is 180 g/mol. The molecule has 4 nitrogen and oxygen atoms in total. The Hall–Kier alpha value is -0.610. The highest BCUT2D eigenvalue weighted by atomic mass is 16.5. The van der Waals surface area contributed by atoms with Crippen molar-refractivity contribution in [3.63, 3.8) is 0 Å². The maximum atomic E-state index is 11.2. The average molecular weight is 200 g/mol. The molecule has 14 heavy (non-hydrogen) atoms. The Balaban J connectivity index is 1.99. The van der Waals surface area contributed by atoms with Crippen LogP contribution in [-0.4, -0.2) is 38.8 Å². The van der Waals surface area contributed by atoms with Crippen LogP contribution in [0.2, 0.25) is 0 Å². The topological polar surface area (TPSA) is 50.4 Å². The molecule has 0 aromatic heterocycles. The normalized spacial score (nSPS) is 23.2. The van der Waals surface area contributed by atoms with Crippen LogP contribution in [0.15, 0.2) is 0 Å². The molecule has 0 aliphatic heterocycles. The van der Waals surface area contributed by atoms with Gasteiger partial charge in [0.15, 0.2) is 0 Å². The molecule has 1 atom stereocenters. The molecule has 1 aliphatic rings. The Morgan fingerprint density at radius 1 is 1.57 bits per heavy atom. The number of nitrogens with one attached hydrogen (secondary N) is 2. The minimum absolute atomic E-state index is 0.0461. The quantitative estimate of drug-likeness (QED) is 0.600. The molecule has 0 heterocycles. The van der Waals surface area contributed by atoms with E-state index in [0.717, 1.165) is 0 Å². The van der Waals surface area contributed by atoms with E-state index in [2.05, 4.69) is 24.5 Å². The van der Waals surface area contributed by atoms with E-state index in [1.54, 1.807) is 7.11 Å². The minimum atomic E-state index is 0.0461. The molecule has 0 aromatic carbocycles. The van der Waals surface area contributed by atoms with Gasteiger partial charge in [-0.25, -0.2) is 0 Å². The summed E-state index contributed by atoms with van der Waals surface area (Å²) in [4.78, 5) is 11.2. The first-order valence-electron chi connectivity index (χ1n) is 5.05. The molecule has 0 bridgehead atoms. The summed E-state index contributed by atoms with van der Waals surface area (Å²) >= 11 is 0. The van der Waals surface area contributed by atoms with E-state index in [-0.39, 0.29) is 5.91 Å². The molecule has 1 amide bonds. The number of hydrogen-bond donors (Lipinski definition) is 2. The van der Waals surface area contributed by atoms with E-state index in [1.807, 2.05) is 0 Å². The summed E-state index contributed by atoms with van der Waals surface area (Å²) in [5.41, 5.74) is 0.382. The second kappa shape index (κ2) is 4.75. The zero-order valence-electron chi connectivity index (χ0n) is 9.22. The molecule has 1 unspecified atom stereocenters. The zero-order valence-corrected chi connectivity index (χ0v) is 9.22. The van der Waals surface area contributed by atoms with E-state index in [0.29, 0.717) is 31.2 Å². The third-order valence-electron chi connectivity index (χ3n) is 2.65. The van der Waals surface area contributed by atoms with Crippen LogP contribution in [0.25, 0.3) is 0 Å². The molecule has 0 spiro atoms. The summed E-state index contributed by atoms with van der Waals surface area (Å²) in [6.45, 7) is 5.98. The van der Waals surface area contributed by atoms with Crippen molar-refractivity contribution in [3.8, 4) is 0 Å². The monoisotopic (exact) mass is 200 g/mol. The molecule has 2 N–H and O–H groups in total. The van der Waals surface area contributed by atoms with Crippen LogP contribution >= 0.6 is 0 Å². The Labute approximate surface area is 85.4 Å². The Bertz CT molecular complexity index is 204. The third kappa shape index (κ3) is 3.64. The molecule has 0 saturated heterocycles. The predicted molar refractivity (Wildman–Crippen MR) is 55.1 cm³/mol. The van der Waals surface area contributed by atoms with Gasteiger partial charge in [0.05, 0.1) is 13.2 Å². The summed E-state index contributed by atoms with van der Waals surface area (Å²) in [7, 11) is 1.62. The summed E-state index contributed by atoms with van der Waals surface area (Å²) in [5, 5.41) is 5.99. The Morgan fingerprint density at radius 2 is 2.21 bits per heavy atom. The molecule has 0 radical (unpaired) electrons. The number of ether oxygens (including phenoxy) is 1. The summed E-state index contributed by atoms with van der Waals surface area (Å²) in [5.74, 6) is 0.0461. The molecule has 1 fully saturated rings. The number of carbonyl (C=O) groups excluding carboxylic acids is 1. The Kier molecular flexibility index (Phi) is 3.89. The lowest BCUT2D eigenvalue weighted by Gasteiger charge is -2.07. The van der Waals surface area contributed by atoms with Crippen molar-refractivity contribution in [3.05, 3.63) is 0 Å². The van der Waals surface area contributed by atoms with Crippen molar-refractivity contribution in [2.75, 3.05) is 26.8 Å². The van der Waals surface area contributed by atoms with Crippen molar-refractivity contribution in [2.24, 2.45) is 5.41 Å². The highest BCUT2D eigenvalue weighted by molar-refractivity contribution is 5.78. The van der Waals surface area contributed by atoms with Gasteiger partial charge in [-0.2, -0.15) is 0 Å². The Morgan fingerprint density at radius 3 is 2.71 bits per heavy atom. The van der Waals surface area contributed by atoms with Crippen LogP contribution in [0.4, 0.5) is 0 Å². The van der Waals surface area contributed by atoms with Gasteiger partial charge in [-0.15, -0.1) is 0 Å². The van der Waals surface area contributed by atoms with Gasteiger partial charge in [0, 0.05) is 19.7 Å². The number of methoxy groups -OCH3 is 1. The number of amides is 1. The molecule has 0 aromatic rings. The standard InChI is InChI=1S/C10H20N2O2/c1-10(2)6-8(10)12-7-9(13)11-4-5-14-3/h8,12H,4-7H2,1-3H3,(H,11,13). The van der Waals surface area contributed by atoms with Gasteiger partial charge < -0.3 is 15.4 Å². The van der Waals surface area contributed by atoms with Gasteiger partial charge >= 0.3 is 0 Å². The van der Waals surface area contributed by atoms with Crippen molar-refractivity contribution in [2.45, 2.75) is 26.3 Å². The largest absolute Gasteiger partial charge is 0.383 e. The third-order valence-corrected chi connectivity index (χ3v) is 2.65. The van der Waals surface area contributed by atoms with Gasteiger partial charge in [0.25, 0.3) is 0 Å². The molecule has 82 valence electrons. The van der Waals surface area contributed by atoms with Crippen molar-refractivity contribution < 1.29 is 9.53 Å². The summed E-state index contributed by atoms with van der Waals surface area (Å²) in [6.07, 6.45) is 1.17. The van der Waals surface area contributed by atoms with Crippen LogP contribution in [0.1, 0.15) is 20.3 Å². The minimum Gasteiger partial charge on any atom is -0.383 e. The molecule has 1 aliphatic carbocycles. The lowest BCUT2D eigenvalue weighted by atomic mass is 10.2. The van der Waals surface area contributed by atoms with E-state index in [1.165, 1.54) is 6.42 Å². The van der Waals surface area contributed by atoms with Crippen LogP contribution in [0, 0.1) is 5.41 Å². The van der Waals surface area contributed by atoms with Crippen LogP contribution in [-0.2, 0) is 9.53 Å². The molecule has 1 saturated carbocycles.